The Morgan fingerprint density at radius 2 is 2.00 bits per heavy atom. The molecule has 1 aromatic carbocycles. The molecule has 18 heavy (non-hydrogen) atoms. The van der Waals surface area contributed by atoms with Gasteiger partial charge in [0.15, 0.2) is 0 Å². The molecular formula is C12H14BrF2NO2. The molecule has 3 nitrogen and oxygen atoms in total. The summed E-state index contributed by atoms with van der Waals surface area (Å²) in [5.41, 5.74) is 4.25. The molecule has 0 saturated heterocycles. The minimum absolute atomic E-state index is 0.0926. The van der Waals surface area contributed by atoms with Gasteiger partial charge in [0, 0.05) is 5.56 Å². The maximum atomic E-state index is 13.9. The van der Waals surface area contributed by atoms with Crippen molar-refractivity contribution in [2.45, 2.75) is 19.9 Å². The van der Waals surface area contributed by atoms with Gasteiger partial charge < -0.3 is 10.5 Å². The lowest BCUT2D eigenvalue weighted by atomic mass is 9.80. The summed E-state index contributed by atoms with van der Waals surface area (Å²) >= 11 is 2.96. The molecule has 0 fully saturated rings. The number of methoxy groups -OCH3 is 1. The molecular weight excluding hydrogens is 308 g/mol. The van der Waals surface area contributed by atoms with Crippen LogP contribution in [0.4, 0.5) is 8.78 Å². The van der Waals surface area contributed by atoms with Crippen LogP contribution in [0.25, 0.3) is 0 Å². The van der Waals surface area contributed by atoms with Gasteiger partial charge in [0.05, 0.1) is 23.0 Å². The van der Waals surface area contributed by atoms with Crippen molar-refractivity contribution in [2.24, 2.45) is 11.1 Å². The van der Waals surface area contributed by atoms with E-state index >= 15 is 0 Å². The molecule has 0 aliphatic rings. The first-order valence-electron chi connectivity index (χ1n) is 5.20. The van der Waals surface area contributed by atoms with Crippen molar-refractivity contribution in [1.82, 2.24) is 0 Å². The van der Waals surface area contributed by atoms with Gasteiger partial charge in [0.25, 0.3) is 0 Å². The quantitative estimate of drug-likeness (QED) is 0.688. The van der Waals surface area contributed by atoms with Crippen LogP contribution in [-0.4, -0.2) is 13.1 Å². The van der Waals surface area contributed by atoms with Crippen molar-refractivity contribution in [3.63, 3.8) is 0 Å². The predicted molar refractivity (Wildman–Crippen MR) is 66.8 cm³/mol. The van der Waals surface area contributed by atoms with Crippen LogP contribution in [0.5, 0.6) is 0 Å². The smallest absolute Gasteiger partial charge is 0.313 e. The Kier molecular flexibility index (Phi) is 4.45. The Labute approximate surface area is 112 Å². The second-order valence-electron chi connectivity index (χ2n) is 4.45. The van der Waals surface area contributed by atoms with Crippen molar-refractivity contribution in [3.8, 4) is 0 Å². The van der Waals surface area contributed by atoms with Gasteiger partial charge >= 0.3 is 5.97 Å². The molecule has 0 aliphatic heterocycles. The fourth-order valence-corrected chi connectivity index (χ4v) is 1.92. The van der Waals surface area contributed by atoms with Gasteiger partial charge in [-0.2, -0.15) is 0 Å². The molecule has 0 amide bonds. The minimum Gasteiger partial charge on any atom is -0.469 e. The highest BCUT2D eigenvalue weighted by molar-refractivity contribution is 9.10. The van der Waals surface area contributed by atoms with E-state index in [-0.39, 0.29) is 10.0 Å². The maximum Gasteiger partial charge on any atom is 0.313 e. The van der Waals surface area contributed by atoms with Crippen LogP contribution in [0.1, 0.15) is 25.5 Å². The lowest BCUT2D eigenvalue weighted by Gasteiger charge is -2.29. The molecule has 1 rings (SSSR count). The van der Waals surface area contributed by atoms with E-state index in [1.54, 1.807) is 0 Å². The molecule has 0 saturated carbocycles. The van der Waals surface area contributed by atoms with Crippen LogP contribution >= 0.6 is 15.9 Å². The van der Waals surface area contributed by atoms with Gasteiger partial charge in [-0.15, -0.1) is 0 Å². The number of nitrogens with two attached hydrogens (primary N) is 1. The largest absolute Gasteiger partial charge is 0.469 e. The third-order valence-corrected chi connectivity index (χ3v) is 3.49. The Balaban J connectivity index is 3.31. The first-order valence-corrected chi connectivity index (χ1v) is 6.00. The standard InChI is InChI=1S/C12H14BrF2NO2/c1-12(2,11(17)18-3)10(16)8-7(14)5-4-6(13)9(8)15/h4-5,10H,16H2,1-3H3/t10-/m1/s1. The maximum absolute atomic E-state index is 13.9. The molecule has 0 aliphatic carbocycles. The van der Waals surface area contributed by atoms with Crippen molar-refractivity contribution in [3.05, 3.63) is 33.8 Å². The summed E-state index contributed by atoms with van der Waals surface area (Å²) in [6.45, 7) is 2.95. The molecule has 0 unspecified atom stereocenters. The van der Waals surface area contributed by atoms with E-state index in [1.165, 1.54) is 27.0 Å². The highest BCUT2D eigenvalue weighted by Crippen LogP contribution is 2.36. The first kappa shape index (κ1) is 15.0. The number of carbonyl (C=O) groups excluding carboxylic acids is 1. The number of halogens is 3. The average molecular weight is 322 g/mol. The number of carbonyl (C=O) groups is 1. The summed E-state index contributed by atoms with van der Waals surface area (Å²) in [6, 6.07) is 1.18. The number of ether oxygens (including phenoxy) is 1. The molecule has 0 radical (unpaired) electrons. The van der Waals surface area contributed by atoms with Crippen LogP contribution in [-0.2, 0) is 9.53 Å². The van der Waals surface area contributed by atoms with Gasteiger partial charge in [-0.05, 0) is 41.9 Å². The first-order chi connectivity index (χ1) is 8.23. The normalized spacial score (nSPS) is 13.3. The second kappa shape index (κ2) is 5.32. The topological polar surface area (TPSA) is 52.3 Å². The molecule has 100 valence electrons. The van der Waals surface area contributed by atoms with Crippen LogP contribution in [0.2, 0.25) is 0 Å². The van der Waals surface area contributed by atoms with E-state index in [2.05, 4.69) is 20.7 Å². The van der Waals surface area contributed by atoms with Crippen LogP contribution in [0.15, 0.2) is 16.6 Å². The highest BCUT2D eigenvalue weighted by atomic mass is 79.9. The molecule has 1 atom stereocenters. The zero-order chi connectivity index (χ0) is 14.1. The Morgan fingerprint density at radius 3 is 2.50 bits per heavy atom. The van der Waals surface area contributed by atoms with E-state index in [0.717, 1.165) is 6.07 Å². The van der Waals surface area contributed by atoms with Crippen LogP contribution in [0.3, 0.4) is 0 Å². The van der Waals surface area contributed by atoms with E-state index in [0.29, 0.717) is 0 Å². The van der Waals surface area contributed by atoms with Crippen molar-refractivity contribution in [1.29, 1.82) is 0 Å². The number of hydrogen-bond acceptors (Lipinski definition) is 3. The van der Waals surface area contributed by atoms with Gasteiger partial charge in [-0.3, -0.25) is 4.79 Å². The number of benzene rings is 1. The fraction of sp³-hybridized carbons (Fsp3) is 0.417. The summed E-state index contributed by atoms with van der Waals surface area (Å²) in [7, 11) is 1.20. The van der Waals surface area contributed by atoms with Gasteiger partial charge in [-0.1, -0.05) is 0 Å². The molecule has 1 aromatic rings. The van der Waals surface area contributed by atoms with E-state index in [1.807, 2.05) is 0 Å². The fourth-order valence-electron chi connectivity index (χ4n) is 1.58. The third-order valence-electron chi connectivity index (χ3n) is 2.88. The van der Waals surface area contributed by atoms with Crippen molar-refractivity contribution < 1.29 is 18.3 Å². The van der Waals surface area contributed by atoms with E-state index in [4.69, 9.17) is 5.73 Å². The Hall–Kier alpha value is -1.01. The minimum atomic E-state index is -1.24. The summed E-state index contributed by atoms with van der Waals surface area (Å²) in [4.78, 5) is 11.6. The van der Waals surface area contributed by atoms with Gasteiger partial charge in [-0.25, -0.2) is 8.78 Å². The zero-order valence-electron chi connectivity index (χ0n) is 10.3. The van der Waals surface area contributed by atoms with Gasteiger partial charge in [0.2, 0.25) is 0 Å². The van der Waals surface area contributed by atoms with Crippen LogP contribution < -0.4 is 5.73 Å². The molecule has 0 heterocycles. The number of hydrogen-bond donors (Lipinski definition) is 1. The third kappa shape index (κ3) is 2.54. The summed E-state index contributed by atoms with van der Waals surface area (Å²) in [5.74, 6) is -2.23. The molecule has 2 N–H and O–H groups in total. The van der Waals surface area contributed by atoms with E-state index in [9.17, 15) is 13.6 Å². The summed E-state index contributed by atoms with van der Waals surface area (Å²) in [5, 5.41) is 0. The SMILES string of the molecule is COC(=O)C(C)(C)[C@H](N)c1c(F)ccc(Br)c1F. The Morgan fingerprint density at radius 1 is 1.44 bits per heavy atom. The van der Waals surface area contributed by atoms with Gasteiger partial charge in [0.1, 0.15) is 11.6 Å². The van der Waals surface area contributed by atoms with Crippen LogP contribution in [0, 0.1) is 17.0 Å². The molecule has 0 spiro atoms. The zero-order valence-corrected chi connectivity index (χ0v) is 11.8. The van der Waals surface area contributed by atoms with Crippen molar-refractivity contribution in [2.75, 3.05) is 7.11 Å². The predicted octanol–water partition coefficient (Wildman–Crippen LogP) is 2.93. The lowest BCUT2D eigenvalue weighted by molar-refractivity contribution is -0.152. The summed E-state index contributed by atoms with van der Waals surface area (Å²) in [6.07, 6.45) is 0. The molecule has 0 aromatic heterocycles. The summed E-state index contributed by atoms with van der Waals surface area (Å²) < 4.78 is 32.3. The van der Waals surface area contributed by atoms with Crippen molar-refractivity contribution >= 4 is 21.9 Å². The molecule has 6 heteroatoms. The highest BCUT2D eigenvalue weighted by Gasteiger charge is 2.39. The number of rotatable bonds is 3. The lowest BCUT2D eigenvalue weighted by Crippen LogP contribution is -2.38. The number of esters is 1. The molecule has 0 bridgehead atoms. The Bertz CT molecular complexity index is 477. The monoisotopic (exact) mass is 321 g/mol. The van der Waals surface area contributed by atoms with E-state index < -0.39 is 29.1 Å². The second-order valence-corrected chi connectivity index (χ2v) is 5.30. The average Bonchev–Trinajstić information content (AvgIpc) is 2.33.